The average Bonchev–Trinajstić information content (AvgIpc) is 2.92. The van der Waals surface area contributed by atoms with Crippen molar-refractivity contribution in [2.45, 2.75) is 37.6 Å². The lowest BCUT2D eigenvalue weighted by atomic mass is 10.1. The quantitative estimate of drug-likeness (QED) is 0.897. The van der Waals surface area contributed by atoms with Gasteiger partial charge in [0.25, 0.3) is 0 Å². The van der Waals surface area contributed by atoms with E-state index in [0.717, 1.165) is 25.9 Å². The number of nitriles is 1. The molecule has 1 aliphatic heterocycles. The Labute approximate surface area is 126 Å². The smallest absolute Gasteiger partial charge is 0.240 e. The number of aryl methyl sites for hydroxylation is 1. The average molecular weight is 307 g/mol. The van der Waals surface area contributed by atoms with Crippen LogP contribution in [0.5, 0.6) is 0 Å². The van der Waals surface area contributed by atoms with Gasteiger partial charge in [-0.2, -0.15) is 5.26 Å². The molecule has 21 heavy (non-hydrogen) atoms. The van der Waals surface area contributed by atoms with E-state index < -0.39 is 10.0 Å². The Hall–Kier alpha value is -1.42. The summed E-state index contributed by atoms with van der Waals surface area (Å²) in [7, 11) is -3.51. The van der Waals surface area contributed by atoms with Crippen LogP contribution >= 0.6 is 0 Å². The molecule has 0 amide bonds. The number of sulfonamides is 1. The maximum atomic E-state index is 12.3. The second-order valence-corrected chi connectivity index (χ2v) is 7.13. The molecule has 1 aromatic carbocycles. The largest absolute Gasteiger partial charge is 0.299 e. The topological polar surface area (TPSA) is 73.2 Å². The van der Waals surface area contributed by atoms with Gasteiger partial charge in [-0.1, -0.05) is 6.92 Å². The number of nitrogens with one attached hydrogen (secondary N) is 1. The Balaban J connectivity index is 2.08. The van der Waals surface area contributed by atoms with E-state index in [1.54, 1.807) is 19.1 Å². The summed E-state index contributed by atoms with van der Waals surface area (Å²) in [6.07, 6.45) is 2.15. The van der Waals surface area contributed by atoms with Gasteiger partial charge in [-0.05, 0) is 56.6 Å². The van der Waals surface area contributed by atoms with Gasteiger partial charge in [-0.15, -0.1) is 0 Å². The molecule has 1 atom stereocenters. The molecule has 1 heterocycles. The van der Waals surface area contributed by atoms with Crippen molar-refractivity contribution in [3.63, 3.8) is 0 Å². The van der Waals surface area contributed by atoms with Crippen molar-refractivity contribution >= 4 is 10.0 Å². The number of benzene rings is 1. The summed E-state index contributed by atoms with van der Waals surface area (Å²) in [4.78, 5) is 2.52. The van der Waals surface area contributed by atoms with E-state index in [-0.39, 0.29) is 10.9 Å². The zero-order chi connectivity index (χ0) is 15.5. The van der Waals surface area contributed by atoms with Crippen LogP contribution in [0, 0.1) is 18.3 Å². The number of hydrogen-bond acceptors (Lipinski definition) is 4. The zero-order valence-corrected chi connectivity index (χ0v) is 13.3. The molecule has 0 bridgehead atoms. The van der Waals surface area contributed by atoms with Crippen LogP contribution in [0.4, 0.5) is 0 Å². The Morgan fingerprint density at radius 1 is 1.48 bits per heavy atom. The summed E-state index contributed by atoms with van der Waals surface area (Å²) < 4.78 is 27.3. The van der Waals surface area contributed by atoms with Crippen LogP contribution in [0.15, 0.2) is 23.1 Å². The van der Waals surface area contributed by atoms with Crippen molar-refractivity contribution in [1.82, 2.24) is 9.62 Å². The minimum Gasteiger partial charge on any atom is -0.299 e. The van der Waals surface area contributed by atoms with Crippen LogP contribution in [-0.4, -0.2) is 39.0 Å². The number of nitrogens with zero attached hydrogens (tertiary/aromatic N) is 2. The minimum atomic E-state index is -3.51. The highest BCUT2D eigenvalue weighted by Gasteiger charge is 2.25. The molecule has 1 fully saturated rings. The standard InChI is InChI=1S/C15H21N3O2S/c1-3-18-8-4-5-14(18)11-17-21(19,20)15-7-6-13(10-16)12(2)9-15/h6-7,9,14,17H,3-5,8,11H2,1-2H3. The van der Waals surface area contributed by atoms with Crippen molar-refractivity contribution < 1.29 is 8.42 Å². The lowest BCUT2D eigenvalue weighted by Gasteiger charge is -2.22. The highest BCUT2D eigenvalue weighted by Crippen LogP contribution is 2.18. The summed E-state index contributed by atoms with van der Waals surface area (Å²) in [6, 6.07) is 6.91. The first kappa shape index (κ1) is 16.0. The molecule has 5 nitrogen and oxygen atoms in total. The van der Waals surface area contributed by atoms with Crippen LogP contribution in [0.25, 0.3) is 0 Å². The fraction of sp³-hybridized carbons (Fsp3) is 0.533. The van der Waals surface area contributed by atoms with E-state index in [0.29, 0.717) is 17.7 Å². The lowest BCUT2D eigenvalue weighted by Crippen LogP contribution is -2.40. The second kappa shape index (κ2) is 6.56. The third-order valence-electron chi connectivity index (χ3n) is 4.04. The molecule has 1 saturated heterocycles. The summed E-state index contributed by atoms with van der Waals surface area (Å²) >= 11 is 0. The van der Waals surface area contributed by atoms with Gasteiger partial charge in [-0.3, -0.25) is 4.90 Å². The summed E-state index contributed by atoms with van der Waals surface area (Å²) in [5, 5.41) is 8.89. The monoisotopic (exact) mass is 307 g/mol. The first-order valence-electron chi connectivity index (χ1n) is 7.22. The first-order valence-corrected chi connectivity index (χ1v) is 8.70. The fourth-order valence-electron chi connectivity index (χ4n) is 2.76. The van der Waals surface area contributed by atoms with Gasteiger partial charge in [0.1, 0.15) is 0 Å². The zero-order valence-electron chi connectivity index (χ0n) is 12.5. The summed E-state index contributed by atoms with van der Waals surface area (Å²) in [5.41, 5.74) is 1.18. The van der Waals surface area contributed by atoms with Gasteiger partial charge in [0, 0.05) is 12.6 Å². The molecule has 1 N–H and O–H groups in total. The molecule has 1 aliphatic rings. The van der Waals surface area contributed by atoms with Crippen LogP contribution in [0.3, 0.4) is 0 Å². The number of rotatable bonds is 5. The summed E-state index contributed by atoms with van der Waals surface area (Å²) in [5.74, 6) is 0. The molecule has 1 unspecified atom stereocenters. The molecule has 0 aromatic heterocycles. The van der Waals surface area contributed by atoms with Crippen molar-refractivity contribution in [3.8, 4) is 6.07 Å². The van der Waals surface area contributed by atoms with Crippen LogP contribution in [0.2, 0.25) is 0 Å². The van der Waals surface area contributed by atoms with E-state index in [1.165, 1.54) is 6.07 Å². The minimum absolute atomic E-state index is 0.222. The number of likely N-dealkylation sites (tertiary alicyclic amines) is 1. The normalized spacial score (nSPS) is 19.6. The lowest BCUT2D eigenvalue weighted by molar-refractivity contribution is 0.268. The predicted octanol–water partition coefficient (Wildman–Crippen LogP) is 1.63. The molecular weight excluding hydrogens is 286 g/mol. The third kappa shape index (κ3) is 3.62. The van der Waals surface area contributed by atoms with Crippen molar-refractivity contribution in [1.29, 1.82) is 5.26 Å². The van der Waals surface area contributed by atoms with Gasteiger partial charge in [0.2, 0.25) is 10.0 Å². The maximum absolute atomic E-state index is 12.3. The van der Waals surface area contributed by atoms with E-state index >= 15 is 0 Å². The van der Waals surface area contributed by atoms with E-state index in [1.807, 2.05) is 6.07 Å². The van der Waals surface area contributed by atoms with Gasteiger partial charge >= 0.3 is 0 Å². The molecule has 0 radical (unpaired) electrons. The molecule has 0 saturated carbocycles. The van der Waals surface area contributed by atoms with Gasteiger partial charge in [0.05, 0.1) is 16.5 Å². The van der Waals surface area contributed by atoms with Crippen molar-refractivity contribution in [3.05, 3.63) is 29.3 Å². The third-order valence-corrected chi connectivity index (χ3v) is 5.46. The second-order valence-electron chi connectivity index (χ2n) is 5.37. The first-order chi connectivity index (χ1) is 9.97. The van der Waals surface area contributed by atoms with E-state index in [4.69, 9.17) is 5.26 Å². The molecule has 2 rings (SSSR count). The van der Waals surface area contributed by atoms with Crippen molar-refractivity contribution in [2.24, 2.45) is 0 Å². The highest BCUT2D eigenvalue weighted by molar-refractivity contribution is 7.89. The van der Waals surface area contributed by atoms with E-state index in [9.17, 15) is 8.42 Å². The summed E-state index contributed by atoms with van der Waals surface area (Å²) in [6.45, 7) is 6.26. The molecule has 114 valence electrons. The van der Waals surface area contributed by atoms with Gasteiger partial charge in [0.15, 0.2) is 0 Å². The SMILES string of the molecule is CCN1CCCC1CNS(=O)(=O)c1ccc(C#N)c(C)c1. The maximum Gasteiger partial charge on any atom is 0.240 e. The fourth-order valence-corrected chi connectivity index (χ4v) is 3.92. The molecular formula is C15H21N3O2S. The Kier molecular flexibility index (Phi) is 4.99. The number of hydrogen-bond donors (Lipinski definition) is 1. The number of likely N-dealkylation sites (N-methyl/N-ethyl adjacent to an activating group) is 1. The molecule has 1 aromatic rings. The molecule has 0 aliphatic carbocycles. The Morgan fingerprint density at radius 3 is 2.86 bits per heavy atom. The van der Waals surface area contributed by atoms with Crippen LogP contribution in [-0.2, 0) is 10.0 Å². The molecule has 6 heteroatoms. The van der Waals surface area contributed by atoms with Gasteiger partial charge < -0.3 is 0 Å². The predicted molar refractivity (Wildman–Crippen MR) is 81.4 cm³/mol. The van der Waals surface area contributed by atoms with Crippen LogP contribution in [0.1, 0.15) is 30.9 Å². The Morgan fingerprint density at radius 2 is 2.24 bits per heavy atom. The Bertz CT molecular complexity index is 649. The van der Waals surface area contributed by atoms with Crippen LogP contribution < -0.4 is 4.72 Å². The van der Waals surface area contributed by atoms with E-state index in [2.05, 4.69) is 16.5 Å². The van der Waals surface area contributed by atoms with Gasteiger partial charge in [-0.25, -0.2) is 13.1 Å². The highest BCUT2D eigenvalue weighted by atomic mass is 32.2. The van der Waals surface area contributed by atoms with Crippen molar-refractivity contribution in [2.75, 3.05) is 19.6 Å². The molecule has 0 spiro atoms.